The number of amides is 1. The largest absolute Gasteiger partial charge is 0.341 e. The molecule has 0 saturated heterocycles. The minimum absolute atomic E-state index is 0.138. The lowest BCUT2D eigenvalue weighted by atomic mass is 10.1. The summed E-state index contributed by atoms with van der Waals surface area (Å²) in [6, 6.07) is 7.92. The Morgan fingerprint density at radius 2 is 2.16 bits per heavy atom. The molecule has 0 atom stereocenters. The van der Waals surface area contributed by atoms with Gasteiger partial charge in [0.2, 0.25) is 0 Å². The Bertz CT molecular complexity index is 606. The Morgan fingerprint density at radius 3 is 2.79 bits per heavy atom. The summed E-state index contributed by atoms with van der Waals surface area (Å²) in [5.41, 5.74) is 1.78. The molecule has 0 saturated carbocycles. The molecule has 100 valence electrons. The minimum atomic E-state index is -0.308. The Balaban J connectivity index is 2.39. The molecule has 0 fully saturated rings. The van der Waals surface area contributed by atoms with Gasteiger partial charge in [-0.1, -0.05) is 12.1 Å². The molecule has 0 aliphatic heterocycles. The monoisotopic (exact) mass is 261 g/mol. The van der Waals surface area contributed by atoms with Gasteiger partial charge < -0.3 is 4.90 Å². The van der Waals surface area contributed by atoms with Crippen molar-refractivity contribution in [2.75, 3.05) is 13.6 Å². The van der Waals surface area contributed by atoms with Crippen molar-refractivity contribution in [2.24, 2.45) is 7.05 Å². The second-order valence-electron chi connectivity index (χ2n) is 4.37. The van der Waals surface area contributed by atoms with E-state index >= 15 is 0 Å². The maximum absolute atomic E-state index is 13.2. The summed E-state index contributed by atoms with van der Waals surface area (Å²) >= 11 is 0. The molecule has 1 amide bonds. The summed E-state index contributed by atoms with van der Waals surface area (Å²) in [5.74, 6) is -0.446. The van der Waals surface area contributed by atoms with Gasteiger partial charge in [0.15, 0.2) is 5.69 Å². The lowest BCUT2D eigenvalue weighted by molar-refractivity contribution is 0.0796. The van der Waals surface area contributed by atoms with Crippen molar-refractivity contribution >= 4 is 5.91 Å². The number of hydrogen-bond acceptors (Lipinski definition) is 2. The summed E-state index contributed by atoms with van der Waals surface area (Å²) in [5, 5.41) is 4.19. The summed E-state index contributed by atoms with van der Waals surface area (Å²) in [7, 11) is 3.46. The second kappa shape index (κ2) is 5.22. The van der Waals surface area contributed by atoms with Gasteiger partial charge in [0.25, 0.3) is 5.91 Å². The highest BCUT2D eigenvalue weighted by Crippen LogP contribution is 2.21. The van der Waals surface area contributed by atoms with E-state index in [0.29, 0.717) is 23.5 Å². The van der Waals surface area contributed by atoms with Gasteiger partial charge in [0.05, 0.1) is 5.69 Å². The van der Waals surface area contributed by atoms with Crippen LogP contribution >= 0.6 is 0 Å². The summed E-state index contributed by atoms with van der Waals surface area (Å²) in [6.07, 6.45) is 0. The number of halogens is 1. The second-order valence-corrected chi connectivity index (χ2v) is 4.37. The third-order valence-electron chi connectivity index (χ3n) is 3.04. The number of carbonyl (C=O) groups is 1. The van der Waals surface area contributed by atoms with Crippen LogP contribution < -0.4 is 0 Å². The molecule has 0 unspecified atom stereocenters. The fourth-order valence-electron chi connectivity index (χ4n) is 1.83. The number of benzene rings is 1. The molecule has 0 aliphatic carbocycles. The molecular formula is C14H16FN3O. The Labute approximate surface area is 111 Å². The van der Waals surface area contributed by atoms with E-state index in [4.69, 9.17) is 0 Å². The van der Waals surface area contributed by atoms with Crippen LogP contribution in [0.5, 0.6) is 0 Å². The molecular weight excluding hydrogens is 245 g/mol. The van der Waals surface area contributed by atoms with E-state index in [9.17, 15) is 9.18 Å². The van der Waals surface area contributed by atoms with Crippen molar-refractivity contribution in [2.45, 2.75) is 6.92 Å². The molecule has 1 heterocycles. The van der Waals surface area contributed by atoms with Gasteiger partial charge in [-0.15, -0.1) is 0 Å². The SMILES string of the molecule is CCN(C)C(=O)c1cc(-c2cccc(F)c2)n(C)n1. The molecule has 4 nitrogen and oxygen atoms in total. The van der Waals surface area contributed by atoms with E-state index in [1.807, 2.05) is 6.92 Å². The Morgan fingerprint density at radius 1 is 1.42 bits per heavy atom. The first-order valence-corrected chi connectivity index (χ1v) is 6.08. The van der Waals surface area contributed by atoms with Crippen molar-refractivity contribution in [3.8, 4) is 11.3 Å². The predicted molar refractivity (Wildman–Crippen MR) is 71.2 cm³/mol. The van der Waals surface area contributed by atoms with E-state index in [-0.39, 0.29) is 11.7 Å². The average Bonchev–Trinajstić information content (AvgIpc) is 2.79. The fraction of sp³-hybridized carbons (Fsp3) is 0.286. The van der Waals surface area contributed by atoms with Crippen LogP contribution in [0.4, 0.5) is 4.39 Å². The molecule has 0 bridgehead atoms. The number of hydrogen-bond donors (Lipinski definition) is 0. The molecule has 1 aromatic carbocycles. The lowest BCUT2D eigenvalue weighted by Gasteiger charge is -2.11. The Kier molecular flexibility index (Phi) is 3.64. The first kappa shape index (κ1) is 13.3. The molecule has 0 aliphatic rings. The normalized spacial score (nSPS) is 10.5. The molecule has 0 radical (unpaired) electrons. The lowest BCUT2D eigenvalue weighted by Crippen LogP contribution is -2.26. The van der Waals surface area contributed by atoms with Crippen LogP contribution in [-0.4, -0.2) is 34.2 Å². The first-order valence-electron chi connectivity index (χ1n) is 6.08. The zero-order valence-electron chi connectivity index (χ0n) is 11.2. The minimum Gasteiger partial charge on any atom is -0.341 e. The molecule has 2 aromatic rings. The number of rotatable bonds is 3. The molecule has 1 aromatic heterocycles. The average molecular weight is 261 g/mol. The van der Waals surface area contributed by atoms with Crippen LogP contribution in [0.1, 0.15) is 17.4 Å². The van der Waals surface area contributed by atoms with E-state index in [0.717, 1.165) is 0 Å². The summed E-state index contributed by atoms with van der Waals surface area (Å²) < 4.78 is 14.8. The number of nitrogens with zero attached hydrogens (tertiary/aromatic N) is 3. The highest BCUT2D eigenvalue weighted by atomic mass is 19.1. The first-order chi connectivity index (χ1) is 9.02. The van der Waals surface area contributed by atoms with Gasteiger partial charge >= 0.3 is 0 Å². The van der Waals surface area contributed by atoms with Crippen molar-refractivity contribution in [1.29, 1.82) is 0 Å². The van der Waals surface area contributed by atoms with Crippen molar-refractivity contribution in [1.82, 2.24) is 14.7 Å². The third-order valence-corrected chi connectivity index (χ3v) is 3.04. The van der Waals surface area contributed by atoms with Crippen LogP contribution in [0, 0.1) is 5.82 Å². The van der Waals surface area contributed by atoms with E-state index in [1.165, 1.54) is 12.1 Å². The van der Waals surface area contributed by atoms with E-state index < -0.39 is 0 Å². The van der Waals surface area contributed by atoms with Gasteiger partial charge in [0.1, 0.15) is 5.82 Å². The zero-order chi connectivity index (χ0) is 14.0. The highest BCUT2D eigenvalue weighted by molar-refractivity contribution is 5.93. The number of aryl methyl sites for hydroxylation is 1. The smallest absolute Gasteiger partial charge is 0.274 e. The predicted octanol–water partition coefficient (Wildman–Crippen LogP) is 2.32. The molecule has 19 heavy (non-hydrogen) atoms. The van der Waals surface area contributed by atoms with Gasteiger partial charge in [-0.25, -0.2) is 4.39 Å². The van der Waals surface area contributed by atoms with Gasteiger partial charge in [-0.2, -0.15) is 5.10 Å². The van der Waals surface area contributed by atoms with Crippen LogP contribution in [0.2, 0.25) is 0 Å². The zero-order valence-corrected chi connectivity index (χ0v) is 11.2. The maximum atomic E-state index is 13.2. The standard InChI is InChI=1S/C14H16FN3O/c1-4-17(2)14(19)12-9-13(18(3)16-12)10-6-5-7-11(15)8-10/h5-9H,4H2,1-3H3. The van der Waals surface area contributed by atoms with E-state index in [1.54, 1.807) is 41.9 Å². The van der Waals surface area contributed by atoms with Gasteiger partial charge in [-0.3, -0.25) is 9.48 Å². The van der Waals surface area contributed by atoms with Crippen molar-refractivity contribution < 1.29 is 9.18 Å². The van der Waals surface area contributed by atoms with Crippen LogP contribution in [0.3, 0.4) is 0 Å². The maximum Gasteiger partial charge on any atom is 0.274 e. The van der Waals surface area contributed by atoms with Crippen LogP contribution in [-0.2, 0) is 7.05 Å². The molecule has 5 heteroatoms. The summed E-state index contributed by atoms with van der Waals surface area (Å²) in [6.45, 7) is 2.51. The van der Waals surface area contributed by atoms with Crippen LogP contribution in [0.25, 0.3) is 11.3 Å². The van der Waals surface area contributed by atoms with Crippen molar-refractivity contribution in [3.05, 3.63) is 41.8 Å². The molecule has 0 spiro atoms. The van der Waals surface area contributed by atoms with Gasteiger partial charge in [-0.05, 0) is 25.1 Å². The summed E-state index contributed by atoms with van der Waals surface area (Å²) in [4.78, 5) is 13.6. The highest BCUT2D eigenvalue weighted by Gasteiger charge is 2.16. The van der Waals surface area contributed by atoms with Crippen LogP contribution in [0.15, 0.2) is 30.3 Å². The molecule has 0 N–H and O–H groups in total. The quantitative estimate of drug-likeness (QED) is 0.850. The third kappa shape index (κ3) is 2.65. The topological polar surface area (TPSA) is 38.1 Å². The number of aromatic nitrogens is 2. The Hall–Kier alpha value is -2.17. The van der Waals surface area contributed by atoms with Crippen molar-refractivity contribution in [3.63, 3.8) is 0 Å². The van der Waals surface area contributed by atoms with E-state index in [2.05, 4.69) is 5.10 Å². The molecule has 2 rings (SSSR count). The van der Waals surface area contributed by atoms with Gasteiger partial charge in [0, 0.05) is 26.2 Å². The number of carbonyl (C=O) groups excluding carboxylic acids is 1. The fourth-order valence-corrected chi connectivity index (χ4v) is 1.83.